The van der Waals surface area contributed by atoms with E-state index in [0.717, 1.165) is 31.4 Å². The molecule has 0 atom stereocenters. The minimum atomic E-state index is -0.294. The Labute approximate surface area is 137 Å². The highest BCUT2D eigenvalue weighted by molar-refractivity contribution is 5.79. The zero-order valence-corrected chi connectivity index (χ0v) is 13.8. The van der Waals surface area contributed by atoms with E-state index in [0.29, 0.717) is 26.1 Å². The van der Waals surface area contributed by atoms with Crippen molar-refractivity contribution in [1.29, 1.82) is 0 Å². The van der Waals surface area contributed by atoms with Crippen LogP contribution in [0.4, 0.5) is 4.39 Å². The van der Waals surface area contributed by atoms with Crippen molar-refractivity contribution in [2.75, 3.05) is 26.2 Å². The Morgan fingerprint density at radius 1 is 1.00 bits per heavy atom. The fourth-order valence-corrected chi connectivity index (χ4v) is 2.79. The maximum Gasteiger partial charge on any atom is 0.227 e. The van der Waals surface area contributed by atoms with E-state index in [-0.39, 0.29) is 24.1 Å². The molecule has 0 N–H and O–H groups in total. The van der Waals surface area contributed by atoms with E-state index in [4.69, 9.17) is 0 Å². The van der Waals surface area contributed by atoms with Crippen LogP contribution < -0.4 is 0 Å². The predicted octanol–water partition coefficient (Wildman–Crippen LogP) is 2.62. The third-order valence-corrected chi connectivity index (χ3v) is 4.21. The second-order valence-corrected chi connectivity index (χ2v) is 6.02. The van der Waals surface area contributed by atoms with Crippen LogP contribution in [0.1, 0.15) is 38.2 Å². The molecule has 1 fully saturated rings. The van der Waals surface area contributed by atoms with Crippen LogP contribution in [0.15, 0.2) is 24.3 Å². The Morgan fingerprint density at radius 3 is 2.22 bits per heavy atom. The molecular weight excluding hydrogens is 295 g/mol. The second-order valence-electron chi connectivity index (χ2n) is 6.02. The second kappa shape index (κ2) is 8.65. The van der Waals surface area contributed by atoms with Gasteiger partial charge in [0.1, 0.15) is 5.82 Å². The largest absolute Gasteiger partial charge is 0.341 e. The number of hydrogen-bond acceptors (Lipinski definition) is 2. The molecule has 5 heteroatoms. The Morgan fingerprint density at radius 2 is 1.61 bits per heavy atom. The van der Waals surface area contributed by atoms with E-state index in [2.05, 4.69) is 6.92 Å². The number of amides is 2. The summed E-state index contributed by atoms with van der Waals surface area (Å²) in [6, 6.07) is 6.04. The number of rotatable bonds is 5. The molecule has 1 aliphatic heterocycles. The van der Waals surface area contributed by atoms with Crippen molar-refractivity contribution in [2.45, 2.75) is 39.0 Å². The number of halogens is 1. The molecule has 1 aliphatic rings. The first kappa shape index (κ1) is 17.4. The van der Waals surface area contributed by atoms with E-state index in [1.165, 1.54) is 12.1 Å². The van der Waals surface area contributed by atoms with E-state index in [1.54, 1.807) is 12.1 Å². The van der Waals surface area contributed by atoms with Crippen molar-refractivity contribution >= 4 is 11.8 Å². The number of unbranched alkanes of at least 4 members (excludes halogenated alkanes) is 1. The molecule has 23 heavy (non-hydrogen) atoms. The van der Waals surface area contributed by atoms with Crippen molar-refractivity contribution in [2.24, 2.45) is 0 Å². The van der Waals surface area contributed by atoms with Crippen LogP contribution in [-0.2, 0) is 16.0 Å². The lowest BCUT2D eigenvalue weighted by Gasteiger charge is -2.22. The van der Waals surface area contributed by atoms with E-state index in [9.17, 15) is 14.0 Å². The number of carbonyl (C=O) groups excluding carboxylic acids is 2. The van der Waals surface area contributed by atoms with Gasteiger partial charge in [-0.3, -0.25) is 9.59 Å². The first-order valence-corrected chi connectivity index (χ1v) is 8.40. The van der Waals surface area contributed by atoms with Crippen LogP contribution in [0, 0.1) is 5.82 Å². The Kier molecular flexibility index (Phi) is 6.56. The Balaban J connectivity index is 1.85. The van der Waals surface area contributed by atoms with Gasteiger partial charge in [0.2, 0.25) is 11.8 Å². The summed E-state index contributed by atoms with van der Waals surface area (Å²) in [5.74, 6) is -0.0589. The average molecular weight is 320 g/mol. The van der Waals surface area contributed by atoms with Crippen molar-refractivity contribution < 1.29 is 14.0 Å². The third-order valence-electron chi connectivity index (χ3n) is 4.21. The van der Waals surface area contributed by atoms with Crippen molar-refractivity contribution in [3.8, 4) is 0 Å². The van der Waals surface area contributed by atoms with Gasteiger partial charge in [-0.1, -0.05) is 25.5 Å². The molecule has 126 valence electrons. The number of hydrogen-bond donors (Lipinski definition) is 0. The van der Waals surface area contributed by atoms with Gasteiger partial charge >= 0.3 is 0 Å². The van der Waals surface area contributed by atoms with Gasteiger partial charge in [0.05, 0.1) is 6.42 Å². The molecule has 1 saturated heterocycles. The van der Waals surface area contributed by atoms with Crippen LogP contribution in [0.3, 0.4) is 0 Å². The molecule has 0 spiro atoms. The number of nitrogens with zero attached hydrogens (tertiary/aromatic N) is 2. The van der Waals surface area contributed by atoms with Crippen LogP contribution in [0.2, 0.25) is 0 Å². The molecule has 0 unspecified atom stereocenters. The molecule has 0 aromatic heterocycles. The maximum absolute atomic E-state index is 12.9. The van der Waals surface area contributed by atoms with Gasteiger partial charge in [0.15, 0.2) is 0 Å². The summed E-state index contributed by atoms with van der Waals surface area (Å²) in [6.45, 7) is 4.67. The van der Waals surface area contributed by atoms with Crippen LogP contribution in [-0.4, -0.2) is 47.8 Å². The zero-order chi connectivity index (χ0) is 16.7. The molecule has 4 nitrogen and oxygen atoms in total. The molecule has 0 radical (unpaired) electrons. The minimum absolute atomic E-state index is 0.0412. The molecule has 2 amide bonds. The van der Waals surface area contributed by atoms with Crippen LogP contribution in [0.5, 0.6) is 0 Å². The zero-order valence-electron chi connectivity index (χ0n) is 13.8. The fraction of sp³-hybridized carbons (Fsp3) is 0.556. The summed E-state index contributed by atoms with van der Waals surface area (Å²) < 4.78 is 12.9. The minimum Gasteiger partial charge on any atom is -0.341 e. The smallest absolute Gasteiger partial charge is 0.227 e. The van der Waals surface area contributed by atoms with Gasteiger partial charge in [0.25, 0.3) is 0 Å². The highest BCUT2D eigenvalue weighted by atomic mass is 19.1. The van der Waals surface area contributed by atoms with E-state index in [1.807, 2.05) is 9.80 Å². The standard InChI is InChI=1S/C18H25FN2O2/c1-2-3-5-17(22)20-10-4-11-21(13-12-20)18(23)14-15-6-8-16(19)9-7-15/h6-9H,2-5,10-14H2,1H3. The monoisotopic (exact) mass is 320 g/mol. The summed E-state index contributed by atoms with van der Waals surface area (Å²) in [6.07, 6.45) is 3.63. The van der Waals surface area contributed by atoms with Crippen LogP contribution in [0.25, 0.3) is 0 Å². The highest BCUT2D eigenvalue weighted by Crippen LogP contribution is 2.10. The average Bonchev–Trinajstić information content (AvgIpc) is 2.81. The van der Waals surface area contributed by atoms with Gasteiger partial charge in [-0.15, -0.1) is 0 Å². The van der Waals surface area contributed by atoms with Crippen molar-refractivity contribution in [3.63, 3.8) is 0 Å². The molecular formula is C18H25FN2O2. The van der Waals surface area contributed by atoms with Crippen molar-refractivity contribution in [3.05, 3.63) is 35.6 Å². The summed E-state index contributed by atoms with van der Waals surface area (Å²) in [5, 5.41) is 0. The van der Waals surface area contributed by atoms with Crippen molar-refractivity contribution in [1.82, 2.24) is 9.80 Å². The lowest BCUT2D eigenvalue weighted by molar-refractivity contribution is -0.133. The van der Waals surface area contributed by atoms with E-state index < -0.39 is 0 Å². The number of benzene rings is 1. The van der Waals surface area contributed by atoms with Gasteiger partial charge in [-0.05, 0) is 30.5 Å². The summed E-state index contributed by atoms with van der Waals surface area (Å²) in [7, 11) is 0. The molecule has 2 rings (SSSR count). The summed E-state index contributed by atoms with van der Waals surface area (Å²) >= 11 is 0. The lowest BCUT2D eigenvalue weighted by atomic mass is 10.1. The molecule has 1 aromatic carbocycles. The maximum atomic E-state index is 12.9. The van der Waals surface area contributed by atoms with Gasteiger partial charge in [-0.25, -0.2) is 4.39 Å². The highest BCUT2D eigenvalue weighted by Gasteiger charge is 2.21. The normalized spacial score (nSPS) is 15.4. The van der Waals surface area contributed by atoms with Gasteiger partial charge in [0, 0.05) is 32.6 Å². The lowest BCUT2D eigenvalue weighted by Crippen LogP contribution is -2.37. The Bertz CT molecular complexity index is 530. The van der Waals surface area contributed by atoms with Gasteiger partial charge < -0.3 is 9.80 Å². The Hall–Kier alpha value is -1.91. The SMILES string of the molecule is CCCCC(=O)N1CCCN(C(=O)Cc2ccc(F)cc2)CC1. The summed E-state index contributed by atoms with van der Waals surface area (Å²) in [4.78, 5) is 28.2. The molecule has 1 heterocycles. The van der Waals surface area contributed by atoms with E-state index >= 15 is 0 Å². The van der Waals surface area contributed by atoms with Crippen LogP contribution >= 0.6 is 0 Å². The third kappa shape index (κ3) is 5.34. The molecule has 0 aliphatic carbocycles. The molecule has 1 aromatic rings. The quantitative estimate of drug-likeness (QED) is 0.837. The fourth-order valence-electron chi connectivity index (χ4n) is 2.79. The topological polar surface area (TPSA) is 40.6 Å². The number of carbonyl (C=O) groups is 2. The summed E-state index contributed by atoms with van der Waals surface area (Å²) in [5.41, 5.74) is 0.816. The first-order valence-electron chi connectivity index (χ1n) is 8.40. The first-order chi connectivity index (χ1) is 11.1. The predicted molar refractivity (Wildman–Crippen MR) is 87.4 cm³/mol. The molecule has 0 bridgehead atoms. The molecule has 0 saturated carbocycles. The van der Waals surface area contributed by atoms with Gasteiger partial charge in [-0.2, -0.15) is 0 Å².